The van der Waals surface area contributed by atoms with Crippen molar-refractivity contribution in [2.45, 2.75) is 33.0 Å². The first kappa shape index (κ1) is 15.4. The van der Waals surface area contributed by atoms with Gasteiger partial charge in [0, 0.05) is 28.3 Å². The van der Waals surface area contributed by atoms with E-state index in [9.17, 15) is 13.2 Å². The summed E-state index contributed by atoms with van der Waals surface area (Å²) < 4.78 is 34.8. The summed E-state index contributed by atoms with van der Waals surface area (Å²) in [6.07, 6.45) is -4.23. The van der Waals surface area contributed by atoms with E-state index >= 15 is 0 Å². The van der Waals surface area contributed by atoms with Gasteiger partial charge in [0.15, 0.2) is 0 Å². The Hall–Kier alpha value is -0.0257. The second-order valence-corrected chi connectivity index (χ2v) is 2.70. The maximum atomic E-state index is 11.6. The zero-order chi connectivity index (χ0) is 9.78. The molecule has 0 spiro atoms. The molecule has 2 nitrogen and oxygen atoms in total. The number of hydrogen-bond donors (Lipinski definition) is 0. The minimum Gasteiger partial charge on any atom is -0.467 e. The minimum atomic E-state index is -4.23. The first-order chi connectivity index (χ1) is 5.31. The van der Waals surface area contributed by atoms with Crippen molar-refractivity contribution in [3.8, 4) is 0 Å². The Balaban J connectivity index is 0. The topological polar surface area (TPSA) is 26.5 Å². The maximum absolute atomic E-state index is 11.6. The number of halogens is 3. The standard InChI is InChI=1S/C7H12F3N2.Ti/c1-5(2)12-6(3)11-4-7(8,9)10;/h5H,4H2,1-3H3;/q-1;. The molecule has 0 unspecified atom stereocenters. The van der Waals surface area contributed by atoms with Gasteiger partial charge in [0.2, 0.25) is 0 Å². The Bertz CT molecular complexity index is 166. The molecule has 0 aliphatic rings. The molecule has 0 saturated heterocycles. The molecule has 0 rings (SSSR count). The van der Waals surface area contributed by atoms with Gasteiger partial charge in [0.05, 0.1) is 0 Å². The summed E-state index contributed by atoms with van der Waals surface area (Å²) in [5.74, 6) is 0.197. The molecule has 0 heterocycles. The summed E-state index contributed by atoms with van der Waals surface area (Å²) in [7, 11) is 0. The maximum Gasteiger partial charge on any atom is 0.388 e. The van der Waals surface area contributed by atoms with E-state index in [0.717, 1.165) is 0 Å². The van der Waals surface area contributed by atoms with Crippen molar-refractivity contribution in [2.75, 3.05) is 6.54 Å². The summed E-state index contributed by atoms with van der Waals surface area (Å²) in [4.78, 5) is 3.83. The molecule has 0 aromatic carbocycles. The molecule has 0 bridgehead atoms. The fourth-order valence-electron chi connectivity index (χ4n) is 0.619. The average molecular weight is 229 g/mol. The van der Waals surface area contributed by atoms with Crippen LogP contribution in [0.4, 0.5) is 13.2 Å². The fraction of sp³-hybridized carbons (Fsp3) is 0.857. The smallest absolute Gasteiger partial charge is 0.388 e. The van der Waals surface area contributed by atoms with E-state index in [0.29, 0.717) is 0 Å². The Kier molecular flexibility index (Phi) is 7.64. The van der Waals surface area contributed by atoms with Crippen LogP contribution in [0.1, 0.15) is 20.8 Å². The van der Waals surface area contributed by atoms with E-state index in [1.165, 1.54) is 6.92 Å². The van der Waals surface area contributed by atoms with Crippen molar-refractivity contribution in [3.63, 3.8) is 0 Å². The predicted octanol–water partition coefficient (Wildman–Crippen LogP) is 2.75. The van der Waals surface area contributed by atoms with Gasteiger partial charge in [-0.1, -0.05) is 19.7 Å². The van der Waals surface area contributed by atoms with Gasteiger partial charge in [0.25, 0.3) is 0 Å². The quantitative estimate of drug-likeness (QED) is 0.395. The minimum absolute atomic E-state index is 0. The van der Waals surface area contributed by atoms with Crippen molar-refractivity contribution >= 4 is 5.84 Å². The van der Waals surface area contributed by atoms with Crippen molar-refractivity contribution < 1.29 is 34.9 Å². The summed E-state index contributed by atoms with van der Waals surface area (Å²) in [5.41, 5.74) is 0. The number of nitrogens with zero attached hydrogens (tertiary/aromatic N) is 2. The van der Waals surface area contributed by atoms with Gasteiger partial charge in [-0.2, -0.15) is 13.2 Å². The van der Waals surface area contributed by atoms with Gasteiger partial charge in [0.1, 0.15) is 0 Å². The van der Waals surface area contributed by atoms with E-state index in [4.69, 9.17) is 0 Å². The molecule has 13 heavy (non-hydrogen) atoms. The first-order valence-electron chi connectivity index (χ1n) is 3.60. The molecule has 76 valence electrons. The van der Waals surface area contributed by atoms with Crippen LogP contribution in [0.5, 0.6) is 0 Å². The van der Waals surface area contributed by atoms with E-state index in [2.05, 4.69) is 10.3 Å². The third-order valence-corrected chi connectivity index (χ3v) is 0.932. The van der Waals surface area contributed by atoms with Gasteiger partial charge >= 0.3 is 6.18 Å². The van der Waals surface area contributed by atoms with Crippen molar-refractivity contribution in [1.82, 2.24) is 0 Å². The second kappa shape index (κ2) is 6.43. The van der Waals surface area contributed by atoms with Crippen LogP contribution in [0.2, 0.25) is 0 Å². The third-order valence-electron chi connectivity index (χ3n) is 0.932. The zero-order valence-electron chi connectivity index (χ0n) is 7.81. The van der Waals surface area contributed by atoms with E-state index in [1.807, 2.05) is 0 Å². The zero-order valence-corrected chi connectivity index (χ0v) is 9.37. The van der Waals surface area contributed by atoms with Gasteiger partial charge < -0.3 is 10.3 Å². The normalized spacial score (nSPS) is 12.7. The molecule has 0 fully saturated rings. The largest absolute Gasteiger partial charge is 0.467 e. The van der Waals surface area contributed by atoms with Crippen LogP contribution in [0.3, 0.4) is 0 Å². The Morgan fingerprint density at radius 2 is 1.85 bits per heavy atom. The van der Waals surface area contributed by atoms with Crippen LogP contribution >= 0.6 is 0 Å². The molecule has 0 saturated carbocycles. The van der Waals surface area contributed by atoms with Crippen molar-refractivity contribution in [2.24, 2.45) is 4.99 Å². The number of alkyl halides is 3. The summed E-state index contributed by atoms with van der Waals surface area (Å²) >= 11 is 0. The van der Waals surface area contributed by atoms with Gasteiger partial charge in [-0.3, -0.25) is 0 Å². The summed E-state index contributed by atoms with van der Waals surface area (Å²) in [6, 6.07) is -0.0121. The predicted molar refractivity (Wildman–Crippen MR) is 42.5 cm³/mol. The SMILES string of the molecule is CC(=NC(C)C)[N-]CC(F)(F)F.[Ti]. The van der Waals surface area contributed by atoms with Gasteiger partial charge in [-0.05, 0) is 13.0 Å². The summed E-state index contributed by atoms with van der Waals surface area (Å²) in [5, 5.41) is 3.26. The molecule has 0 radical (unpaired) electrons. The molecule has 6 heteroatoms. The Morgan fingerprint density at radius 3 is 2.15 bits per heavy atom. The third kappa shape index (κ3) is 12.0. The Labute approximate surface area is 90.9 Å². The van der Waals surface area contributed by atoms with Crippen LogP contribution in [0.25, 0.3) is 5.32 Å². The first-order valence-corrected chi connectivity index (χ1v) is 3.60. The number of hydrogen-bond acceptors (Lipinski definition) is 1. The second-order valence-electron chi connectivity index (χ2n) is 2.70. The number of aliphatic imine (C=N–C) groups is 1. The van der Waals surface area contributed by atoms with E-state index in [-0.39, 0.29) is 33.6 Å². The number of amidine groups is 1. The van der Waals surface area contributed by atoms with Crippen molar-refractivity contribution in [3.05, 3.63) is 5.32 Å². The molecule has 0 aliphatic carbocycles. The monoisotopic (exact) mass is 229 g/mol. The molecule has 0 aliphatic heterocycles. The molecular weight excluding hydrogens is 217 g/mol. The molecular formula is C7H12F3N2Ti-. The van der Waals surface area contributed by atoms with E-state index in [1.54, 1.807) is 13.8 Å². The van der Waals surface area contributed by atoms with Gasteiger partial charge in [-0.15, -0.1) is 0 Å². The number of rotatable bonds is 2. The summed E-state index contributed by atoms with van der Waals surface area (Å²) in [6.45, 7) is 3.89. The molecule has 0 aromatic rings. The fourth-order valence-corrected chi connectivity index (χ4v) is 0.619. The molecule has 0 amide bonds. The van der Waals surface area contributed by atoms with Crippen LogP contribution in [0, 0.1) is 0 Å². The van der Waals surface area contributed by atoms with E-state index < -0.39 is 12.7 Å². The van der Waals surface area contributed by atoms with Crippen LogP contribution in [-0.2, 0) is 21.7 Å². The molecule has 0 aromatic heterocycles. The Morgan fingerprint density at radius 1 is 1.38 bits per heavy atom. The van der Waals surface area contributed by atoms with Crippen molar-refractivity contribution in [1.29, 1.82) is 0 Å². The molecule has 0 atom stereocenters. The average Bonchev–Trinajstić information content (AvgIpc) is 1.80. The molecule has 0 N–H and O–H groups in total. The van der Waals surface area contributed by atoms with Crippen LogP contribution in [-0.4, -0.2) is 24.6 Å². The van der Waals surface area contributed by atoms with Crippen LogP contribution < -0.4 is 0 Å². The van der Waals surface area contributed by atoms with Gasteiger partial charge in [-0.25, -0.2) is 0 Å². The van der Waals surface area contributed by atoms with Crippen LogP contribution in [0.15, 0.2) is 4.99 Å².